The van der Waals surface area contributed by atoms with Crippen molar-refractivity contribution in [1.82, 2.24) is 20.0 Å². The number of aromatic nitrogens is 2. The third-order valence-electron chi connectivity index (χ3n) is 3.84. The first-order chi connectivity index (χ1) is 9.83. The molecule has 0 radical (unpaired) electrons. The van der Waals surface area contributed by atoms with Crippen LogP contribution in [0.2, 0.25) is 0 Å². The van der Waals surface area contributed by atoms with Crippen molar-refractivity contribution in [1.29, 1.82) is 0 Å². The quantitative estimate of drug-likeness (QED) is 0.766. The molecule has 1 unspecified atom stereocenters. The standard InChI is InChI=1S/C16H32N4O/c1-7-20(8-2)10-9-17-14(12-21)13-11-19(6)18-15(13)16(3,4)5/h11,14,17,21H,7-10,12H2,1-6H3. The van der Waals surface area contributed by atoms with Gasteiger partial charge in [-0.05, 0) is 13.1 Å². The number of hydrogen-bond acceptors (Lipinski definition) is 4. The van der Waals surface area contributed by atoms with E-state index in [1.54, 1.807) is 0 Å². The second-order valence-corrected chi connectivity index (χ2v) is 6.57. The van der Waals surface area contributed by atoms with Crippen LogP contribution in [0.5, 0.6) is 0 Å². The van der Waals surface area contributed by atoms with Crippen LogP contribution in [0.3, 0.4) is 0 Å². The van der Waals surface area contributed by atoms with E-state index in [0.717, 1.165) is 37.4 Å². The number of aliphatic hydroxyl groups excluding tert-OH is 1. The van der Waals surface area contributed by atoms with E-state index in [2.05, 4.69) is 49.9 Å². The molecule has 1 rings (SSSR count). The molecule has 0 aliphatic carbocycles. The van der Waals surface area contributed by atoms with Crippen LogP contribution < -0.4 is 5.32 Å². The lowest BCUT2D eigenvalue weighted by Crippen LogP contribution is -2.35. The molecule has 1 aromatic heterocycles. The minimum absolute atomic E-state index is 0.0232. The van der Waals surface area contributed by atoms with E-state index in [9.17, 15) is 5.11 Å². The molecule has 0 saturated carbocycles. The van der Waals surface area contributed by atoms with E-state index >= 15 is 0 Å². The first-order valence-electron chi connectivity index (χ1n) is 7.94. The Balaban J connectivity index is 2.77. The molecule has 0 aliphatic rings. The molecule has 0 amide bonds. The molecule has 0 saturated heterocycles. The Hall–Kier alpha value is -0.910. The third kappa shape index (κ3) is 5.09. The van der Waals surface area contributed by atoms with Gasteiger partial charge in [0.2, 0.25) is 0 Å². The van der Waals surface area contributed by atoms with Gasteiger partial charge in [0, 0.05) is 37.3 Å². The molecule has 2 N–H and O–H groups in total. The summed E-state index contributed by atoms with van der Waals surface area (Å²) in [4.78, 5) is 2.37. The van der Waals surface area contributed by atoms with Crippen molar-refractivity contribution in [3.05, 3.63) is 17.5 Å². The van der Waals surface area contributed by atoms with E-state index < -0.39 is 0 Å². The average molecular weight is 296 g/mol. The predicted octanol–water partition coefficient (Wildman–Crippen LogP) is 1.68. The van der Waals surface area contributed by atoms with Crippen molar-refractivity contribution in [2.75, 3.05) is 32.8 Å². The lowest BCUT2D eigenvalue weighted by molar-refractivity contribution is 0.232. The molecule has 0 aromatic carbocycles. The fourth-order valence-corrected chi connectivity index (χ4v) is 2.55. The van der Waals surface area contributed by atoms with E-state index in [-0.39, 0.29) is 18.1 Å². The second-order valence-electron chi connectivity index (χ2n) is 6.57. The van der Waals surface area contributed by atoms with Gasteiger partial charge in [-0.3, -0.25) is 4.68 Å². The zero-order valence-electron chi connectivity index (χ0n) is 14.5. The highest BCUT2D eigenvalue weighted by molar-refractivity contribution is 5.27. The summed E-state index contributed by atoms with van der Waals surface area (Å²) in [6.07, 6.45) is 2.02. The number of nitrogens with zero attached hydrogens (tertiary/aromatic N) is 3. The monoisotopic (exact) mass is 296 g/mol. The fraction of sp³-hybridized carbons (Fsp3) is 0.812. The van der Waals surface area contributed by atoms with Gasteiger partial charge in [0.25, 0.3) is 0 Å². The van der Waals surface area contributed by atoms with Crippen molar-refractivity contribution in [3.8, 4) is 0 Å². The molecule has 1 aromatic rings. The molecule has 0 bridgehead atoms. The first-order valence-corrected chi connectivity index (χ1v) is 7.94. The van der Waals surface area contributed by atoms with Gasteiger partial charge in [-0.2, -0.15) is 5.10 Å². The number of nitrogens with one attached hydrogen (secondary N) is 1. The topological polar surface area (TPSA) is 53.3 Å². The summed E-state index contributed by atoms with van der Waals surface area (Å²) < 4.78 is 1.84. The maximum absolute atomic E-state index is 9.75. The summed E-state index contributed by atoms with van der Waals surface area (Å²) in [6.45, 7) is 14.9. The minimum atomic E-state index is -0.0523. The Labute approximate surface area is 129 Å². The van der Waals surface area contributed by atoms with Crippen LogP contribution in [0, 0.1) is 0 Å². The van der Waals surface area contributed by atoms with Gasteiger partial charge >= 0.3 is 0 Å². The van der Waals surface area contributed by atoms with Crippen LogP contribution >= 0.6 is 0 Å². The fourth-order valence-electron chi connectivity index (χ4n) is 2.55. The van der Waals surface area contributed by atoms with Crippen LogP contribution in [0.1, 0.15) is 51.9 Å². The van der Waals surface area contributed by atoms with E-state index in [1.807, 2.05) is 17.9 Å². The molecule has 21 heavy (non-hydrogen) atoms. The maximum Gasteiger partial charge on any atom is 0.0726 e. The summed E-state index contributed by atoms with van der Waals surface area (Å²) in [6, 6.07) is -0.0523. The van der Waals surface area contributed by atoms with Crippen molar-refractivity contribution in [2.24, 2.45) is 7.05 Å². The van der Waals surface area contributed by atoms with Gasteiger partial charge in [0.15, 0.2) is 0 Å². The van der Waals surface area contributed by atoms with Gasteiger partial charge in [-0.15, -0.1) is 0 Å². The van der Waals surface area contributed by atoms with Crippen LogP contribution in [-0.2, 0) is 12.5 Å². The van der Waals surface area contributed by atoms with Gasteiger partial charge in [0.1, 0.15) is 0 Å². The van der Waals surface area contributed by atoms with Crippen molar-refractivity contribution >= 4 is 0 Å². The molecule has 122 valence electrons. The summed E-state index contributed by atoms with van der Waals surface area (Å²) in [5.41, 5.74) is 2.14. The highest BCUT2D eigenvalue weighted by atomic mass is 16.3. The number of hydrogen-bond donors (Lipinski definition) is 2. The number of rotatable bonds is 8. The third-order valence-corrected chi connectivity index (χ3v) is 3.84. The van der Waals surface area contributed by atoms with Crippen molar-refractivity contribution < 1.29 is 5.11 Å². The normalized spacial score (nSPS) is 13.9. The first kappa shape index (κ1) is 18.1. The van der Waals surface area contributed by atoms with Gasteiger partial charge < -0.3 is 15.3 Å². The van der Waals surface area contributed by atoms with Crippen LogP contribution in [0.4, 0.5) is 0 Å². The predicted molar refractivity (Wildman–Crippen MR) is 87.5 cm³/mol. The Kier molecular flexibility index (Phi) is 6.84. The van der Waals surface area contributed by atoms with Crippen molar-refractivity contribution in [3.63, 3.8) is 0 Å². The number of likely N-dealkylation sites (N-methyl/N-ethyl adjacent to an activating group) is 1. The molecule has 1 atom stereocenters. The van der Waals surface area contributed by atoms with Crippen LogP contribution in [-0.4, -0.2) is 52.6 Å². The zero-order chi connectivity index (χ0) is 16.0. The van der Waals surface area contributed by atoms with E-state index in [0.29, 0.717) is 0 Å². The minimum Gasteiger partial charge on any atom is -0.394 e. The van der Waals surface area contributed by atoms with Crippen molar-refractivity contribution in [2.45, 2.75) is 46.1 Å². The molecular weight excluding hydrogens is 264 g/mol. The molecule has 1 heterocycles. The SMILES string of the molecule is CCN(CC)CCNC(CO)c1cn(C)nc1C(C)(C)C. The summed E-state index contributed by atoms with van der Waals surface area (Å²) in [7, 11) is 1.93. The van der Waals surface area contributed by atoms with E-state index in [1.165, 1.54) is 0 Å². The van der Waals surface area contributed by atoms with E-state index in [4.69, 9.17) is 0 Å². The number of aryl methyl sites for hydroxylation is 1. The average Bonchev–Trinajstić information content (AvgIpc) is 2.81. The summed E-state index contributed by atoms with van der Waals surface area (Å²) >= 11 is 0. The molecule has 0 fully saturated rings. The Morgan fingerprint density at radius 2 is 1.95 bits per heavy atom. The molecule has 0 aliphatic heterocycles. The van der Waals surface area contributed by atoms with Crippen LogP contribution in [0.15, 0.2) is 6.20 Å². The molecule has 0 spiro atoms. The molecule has 5 nitrogen and oxygen atoms in total. The smallest absolute Gasteiger partial charge is 0.0726 e. The van der Waals surface area contributed by atoms with Gasteiger partial charge in [-0.1, -0.05) is 34.6 Å². The summed E-state index contributed by atoms with van der Waals surface area (Å²) in [5, 5.41) is 17.8. The number of aliphatic hydroxyl groups is 1. The summed E-state index contributed by atoms with van der Waals surface area (Å²) in [5.74, 6) is 0. The Bertz CT molecular complexity index is 418. The zero-order valence-corrected chi connectivity index (χ0v) is 14.5. The molecule has 5 heteroatoms. The maximum atomic E-state index is 9.75. The molecular formula is C16H32N4O. The largest absolute Gasteiger partial charge is 0.394 e. The second kappa shape index (κ2) is 7.92. The Morgan fingerprint density at radius 3 is 2.43 bits per heavy atom. The highest BCUT2D eigenvalue weighted by Crippen LogP contribution is 2.28. The van der Waals surface area contributed by atoms with Gasteiger partial charge in [0.05, 0.1) is 18.3 Å². The Morgan fingerprint density at radius 1 is 1.33 bits per heavy atom. The lowest BCUT2D eigenvalue weighted by atomic mass is 9.87. The lowest BCUT2D eigenvalue weighted by Gasteiger charge is -2.24. The highest BCUT2D eigenvalue weighted by Gasteiger charge is 2.26. The van der Waals surface area contributed by atoms with Crippen LogP contribution in [0.25, 0.3) is 0 Å². The van der Waals surface area contributed by atoms with Gasteiger partial charge in [-0.25, -0.2) is 0 Å².